The van der Waals surface area contributed by atoms with Crippen molar-refractivity contribution in [3.8, 4) is 0 Å². The van der Waals surface area contributed by atoms with Gasteiger partial charge in [0.25, 0.3) is 0 Å². The van der Waals surface area contributed by atoms with Gasteiger partial charge in [-0.3, -0.25) is 4.79 Å². The van der Waals surface area contributed by atoms with Crippen LogP contribution in [-0.4, -0.2) is 17.9 Å². The van der Waals surface area contributed by atoms with Crippen molar-refractivity contribution in [1.82, 2.24) is 4.90 Å². The molecule has 3 rings (SSSR count). The Hall–Kier alpha value is -1.83. The normalized spacial score (nSPS) is 28.1. The Morgan fingerprint density at radius 1 is 1.22 bits per heavy atom. The summed E-state index contributed by atoms with van der Waals surface area (Å²) in [6.45, 7) is 7.98. The minimum Gasteiger partial charge on any atom is -0.321 e. The first-order valence-corrected chi connectivity index (χ1v) is 8.63. The fourth-order valence-corrected chi connectivity index (χ4v) is 4.35. The molecule has 0 unspecified atom stereocenters. The maximum absolute atomic E-state index is 11.4. The molecule has 0 radical (unpaired) electrons. The number of carbonyl (C=O) groups excluding carboxylic acids is 1. The lowest BCUT2D eigenvalue weighted by Crippen LogP contribution is -2.31. The molecule has 122 valence electrons. The molecule has 0 saturated heterocycles. The van der Waals surface area contributed by atoms with Gasteiger partial charge in [-0.25, -0.2) is 0 Å². The van der Waals surface area contributed by atoms with E-state index in [9.17, 15) is 4.79 Å². The van der Waals surface area contributed by atoms with Crippen molar-refractivity contribution in [2.75, 3.05) is 6.54 Å². The third kappa shape index (κ3) is 2.75. The van der Waals surface area contributed by atoms with E-state index in [0.29, 0.717) is 16.7 Å². The first-order valence-electron chi connectivity index (χ1n) is 8.63. The van der Waals surface area contributed by atoms with Gasteiger partial charge < -0.3 is 4.90 Å². The van der Waals surface area contributed by atoms with E-state index in [4.69, 9.17) is 0 Å². The van der Waals surface area contributed by atoms with Gasteiger partial charge in [-0.1, -0.05) is 62.8 Å². The second-order valence-electron chi connectivity index (χ2n) is 7.71. The van der Waals surface area contributed by atoms with Crippen LogP contribution in [0, 0.1) is 16.7 Å². The van der Waals surface area contributed by atoms with Gasteiger partial charge >= 0.3 is 0 Å². The molecule has 1 saturated carbocycles. The number of hydrogen-bond donors (Lipinski definition) is 0. The lowest BCUT2D eigenvalue weighted by atomic mass is 9.67. The molecule has 2 nitrogen and oxygen atoms in total. The zero-order valence-corrected chi connectivity index (χ0v) is 14.5. The summed E-state index contributed by atoms with van der Waals surface area (Å²) in [7, 11) is 0. The van der Waals surface area contributed by atoms with Crippen LogP contribution in [0.1, 0.15) is 45.6 Å². The van der Waals surface area contributed by atoms with Gasteiger partial charge in [-0.2, -0.15) is 0 Å². The molecule has 1 aromatic rings. The zero-order chi connectivity index (χ0) is 16.5. The Kier molecular flexibility index (Phi) is 4.18. The lowest BCUT2D eigenvalue weighted by Gasteiger charge is -2.38. The maximum Gasteiger partial charge on any atom is 0.213 e. The van der Waals surface area contributed by atoms with Crippen molar-refractivity contribution in [3.05, 3.63) is 53.7 Å². The summed E-state index contributed by atoms with van der Waals surface area (Å²) >= 11 is 0. The van der Waals surface area contributed by atoms with Crippen LogP contribution in [0.15, 0.2) is 48.2 Å². The summed E-state index contributed by atoms with van der Waals surface area (Å²) in [6, 6.07) is 10.1. The van der Waals surface area contributed by atoms with E-state index in [1.807, 2.05) is 42.6 Å². The Morgan fingerprint density at radius 2 is 1.96 bits per heavy atom. The molecule has 0 spiro atoms. The summed E-state index contributed by atoms with van der Waals surface area (Å²) < 4.78 is 0. The number of hydrogen-bond acceptors (Lipinski definition) is 1. The van der Waals surface area contributed by atoms with Gasteiger partial charge in [0.1, 0.15) is 0 Å². The first kappa shape index (κ1) is 16.0. The molecular weight excluding hydrogens is 282 g/mol. The van der Waals surface area contributed by atoms with E-state index in [2.05, 4.69) is 26.8 Å². The van der Waals surface area contributed by atoms with Gasteiger partial charge in [0.05, 0.1) is 0 Å². The maximum atomic E-state index is 11.4. The Balaban J connectivity index is 1.63. The van der Waals surface area contributed by atoms with E-state index in [1.54, 1.807) is 10.5 Å². The van der Waals surface area contributed by atoms with Crippen LogP contribution >= 0.6 is 0 Å². The third-order valence-corrected chi connectivity index (χ3v) is 6.45. The molecule has 0 heterocycles. The van der Waals surface area contributed by atoms with Crippen molar-refractivity contribution in [1.29, 1.82) is 0 Å². The van der Waals surface area contributed by atoms with Crippen molar-refractivity contribution < 1.29 is 4.79 Å². The molecule has 0 aromatic heterocycles. The molecule has 1 amide bonds. The molecule has 23 heavy (non-hydrogen) atoms. The van der Waals surface area contributed by atoms with Gasteiger partial charge in [0.15, 0.2) is 0 Å². The predicted molar refractivity (Wildman–Crippen MR) is 95.6 cm³/mol. The fourth-order valence-electron chi connectivity index (χ4n) is 4.35. The molecule has 2 heteroatoms. The van der Waals surface area contributed by atoms with Crippen LogP contribution in [0.2, 0.25) is 0 Å². The number of nitrogens with zero attached hydrogens (tertiary/aromatic N) is 1. The SMILES string of the molecule is CC1(C)[C@H]2C=C(CCN(C=O)/C=C/c3ccccc3)[C@@]1(C)CC2. The average Bonchev–Trinajstić information content (AvgIpc) is 2.89. The Bertz CT molecular complexity index is 629. The number of fused-ring (bicyclic) bond motifs is 2. The van der Waals surface area contributed by atoms with Crippen molar-refractivity contribution in [2.24, 2.45) is 16.7 Å². The topological polar surface area (TPSA) is 20.3 Å². The molecule has 2 bridgehead atoms. The summed E-state index contributed by atoms with van der Waals surface area (Å²) in [5, 5.41) is 0. The molecular formula is C21H27NO. The standard InChI is InChI=1S/C21H27NO/c1-20(2)18-9-12-21(20,3)19(15-18)11-14-22(16-23)13-10-17-7-5-4-6-8-17/h4-8,10,13,15-16,18H,9,11-12,14H2,1-3H3/b13-10+/t18-,21-/m1/s1. The molecule has 2 aliphatic carbocycles. The van der Waals surface area contributed by atoms with E-state index >= 15 is 0 Å². The quantitative estimate of drug-likeness (QED) is 0.541. The highest BCUT2D eigenvalue weighted by Gasteiger charge is 2.56. The highest BCUT2D eigenvalue weighted by Crippen LogP contribution is 2.65. The predicted octanol–water partition coefficient (Wildman–Crippen LogP) is 4.89. The molecule has 0 N–H and O–H groups in total. The third-order valence-electron chi connectivity index (χ3n) is 6.45. The van der Waals surface area contributed by atoms with Crippen LogP contribution in [0.25, 0.3) is 6.08 Å². The van der Waals surface area contributed by atoms with Gasteiger partial charge in [-0.15, -0.1) is 0 Å². The summed E-state index contributed by atoms with van der Waals surface area (Å²) in [5.74, 6) is 0.715. The molecule has 2 atom stereocenters. The zero-order valence-electron chi connectivity index (χ0n) is 14.5. The smallest absolute Gasteiger partial charge is 0.213 e. The number of rotatable bonds is 6. The highest BCUT2D eigenvalue weighted by molar-refractivity contribution is 5.55. The van der Waals surface area contributed by atoms with E-state index in [0.717, 1.165) is 24.9 Å². The van der Waals surface area contributed by atoms with E-state index in [-0.39, 0.29) is 0 Å². The molecule has 0 aliphatic heterocycles. The summed E-state index contributed by atoms with van der Waals surface area (Å²) in [6.07, 6.45) is 10.9. The molecule has 1 fully saturated rings. The van der Waals surface area contributed by atoms with Gasteiger partial charge in [-0.05, 0) is 47.6 Å². The average molecular weight is 309 g/mol. The Morgan fingerprint density at radius 3 is 2.52 bits per heavy atom. The largest absolute Gasteiger partial charge is 0.321 e. The van der Waals surface area contributed by atoms with Gasteiger partial charge in [0, 0.05) is 12.7 Å². The lowest BCUT2D eigenvalue weighted by molar-refractivity contribution is -0.115. The van der Waals surface area contributed by atoms with Crippen LogP contribution in [-0.2, 0) is 4.79 Å². The van der Waals surface area contributed by atoms with Crippen molar-refractivity contribution in [2.45, 2.75) is 40.0 Å². The van der Waals surface area contributed by atoms with Gasteiger partial charge in [0.2, 0.25) is 6.41 Å². The first-order chi connectivity index (χ1) is 11.0. The van der Waals surface area contributed by atoms with Crippen LogP contribution < -0.4 is 0 Å². The summed E-state index contributed by atoms with van der Waals surface area (Å²) in [5.41, 5.74) is 3.36. The van der Waals surface area contributed by atoms with E-state index in [1.165, 1.54) is 12.8 Å². The molecule has 1 aromatic carbocycles. The number of carbonyl (C=O) groups is 1. The number of benzene rings is 1. The fraction of sp³-hybridized carbons (Fsp3) is 0.476. The minimum absolute atomic E-state index is 0.315. The number of amides is 1. The second-order valence-corrected chi connectivity index (χ2v) is 7.71. The second kappa shape index (κ2) is 5.99. The molecule has 2 aliphatic rings. The highest BCUT2D eigenvalue weighted by atomic mass is 16.1. The van der Waals surface area contributed by atoms with E-state index < -0.39 is 0 Å². The van der Waals surface area contributed by atoms with Crippen LogP contribution in [0.5, 0.6) is 0 Å². The number of allylic oxidation sites excluding steroid dienone is 1. The monoisotopic (exact) mass is 309 g/mol. The van der Waals surface area contributed by atoms with Crippen molar-refractivity contribution >= 4 is 12.5 Å². The van der Waals surface area contributed by atoms with Crippen molar-refractivity contribution in [3.63, 3.8) is 0 Å². The minimum atomic E-state index is 0.315. The summed E-state index contributed by atoms with van der Waals surface area (Å²) in [4.78, 5) is 13.1. The van der Waals surface area contributed by atoms with Crippen LogP contribution in [0.4, 0.5) is 0 Å². The van der Waals surface area contributed by atoms with Crippen LogP contribution in [0.3, 0.4) is 0 Å². The Labute approximate surface area is 139 Å².